The molecule has 1 aliphatic heterocycles. The third kappa shape index (κ3) is 4.41. The van der Waals surface area contributed by atoms with Crippen molar-refractivity contribution in [3.8, 4) is 6.07 Å². The molecule has 2 fully saturated rings. The lowest BCUT2D eigenvalue weighted by Gasteiger charge is -2.33. The van der Waals surface area contributed by atoms with Crippen LogP contribution < -0.4 is 5.32 Å². The van der Waals surface area contributed by atoms with Gasteiger partial charge in [0.15, 0.2) is 0 Å². The number of piperidine rings is 1. The van der Waals surface area contributed by atoms with Gasteiger partial charge < -0.3 is 5.32 Å². The summed E-state index contributed by atoms with van der Waals surface area (Å²) in [5.74, 6) is 0.308. The van der Waals surface area contributed by atoms with Crippen molar-refractivity contribution in [2.45, 2.75) is 32.1 Å². The van der Waals surface area contributed by atoms with E-state index in [9.17, 15) is 13.2 Å². The first-order valence-electron chi connectivity index (χ1n) is 7.81. The minimum atomic E-state index is -3.58. The molecule has 1 atom stereocenters. The summed E-state index contributed by atoms with van der Waals surface area (Å²) >= 11 is 0. The fourth-order valence-corrected chi connectivity index (χ4v) is 4.04. The minimum Gasteiger partial charge on any atom is -0.356 e. The van der Waals surface area contributed by atoms with Crippen LogP contribution in [-0.4, -0.2) is 56.2 Å². The van der Waals surface area contributed by atoms with E-state index in [4.69, 9.17) is 5.26 Å². The van der Waals surface area contributed by atoms with Gasteiger partial charge in [-0.25, -0.2) is 0 Å². The molecule has 2 rings (SSSR count). The van der Waals surface area contributed by atoms with Gasteiger partial charge in [0.1, 0.15) is 0 Å². The lowest BCUT2D eigenvalue weighted by atomic mass is 9.99. The molecule has 0 bridgehead atoms. The maximum atomic E-state index is 12.4. The molecule has 2 aliphatic rings. The number of rotatable bonds is 7. The minimum absolute atomic E-state index is 0.0357. The maximum absolute atomic E-state index is 12.4. The van der Waals surface area contributed by atoms with Crippen LogP contribution in [0.25, 0.3) is 0 Å². The van der Waals surface area contributed by atoms with Crippen LogP contribution in [0.5, 0.6) is 0 Å². The van der Waals surface area contributed by atoms with Crippen molar-refractivity contribution in [1.82, 2.24) is 13.9 Å². The predicted molar refractivity (Wildman–Crippen MR) is 81.8 cm³/mol. The summed E-state index contributed by atoms with van der Waals surface area (Å²) in [7, 11) is -2.11. The summed E-state index contributed by atoms with van der Waals surface area (Å²) in [4.78, 5) is 12.2. The van der Waals surface area contributed by atoms with E-state index >= 15 is 0 Å². The zero-order valence-electron chi connectivity index (χ0n) is 13.0. The quantitative estimate of drug-likeness (QED) is 0.728. The molecule has 22 heavy (non-hydrogen) atoms. The molecule has 1 unspecified atom stereocenters. The number of carbonyl (C=O) groups is 1. The summed E-state index contributed by atoms with van der Waals surface area (Å²) in [5.41, 5.74) is 0. The molecule has 124 valence electrons. The van der Waals surface area contributed by atoms with Gasteiger partial charge in [-0.05, 0) is 31.6 Å². The highest BCUT2D eigenvalue weighted by Crippen LogP contribution is 2.28. The average Bonchev–Trinajstić information content (AvgIpc) is 3.34. The van der Waals surface area contributed by atoms with Crippen LogP contribution in [0.3, 0.4) is 0 Å². The molecule has 0 radical (unpaired) electrons. The van der Waals surface area contributed by atoms with E-state index in [1.165, 1.54) is 28.5 Å². The molecular formula is C14H24N4O3S. The second kappa shape index (κ2) is 7.40. The number of nitrogens with zero attached hydrogens (tertiary/aromatic N) is 3. The molecule has 1 aliphatic carbocycles. The molecule has 0 aromatic carbocycles. The van der Waals surface area contributed by atoms with Gasteiger partial charge >= 0.3 is 0 Å². The van der Waals surface area contributed by atoms with Crippen molar-refractivity contribution in [2.24, 2.45) is 11.8 Å². The number of amides is 1. The fourth-order valence-electron chi connectivity index (χ4n) is 2.60. The predicted octanol–water partition coefficient (Wildman–Crippen LogP) is 0.315. The van der Waals surface area contributed by atoms with Crippen LogP contribution in [0.4, 0.5) is 0 Å². The van der Waals surface area contributed by atoms with Crippen LogP contribution in [0.2, 0.25) is 0 Å². The molecule has 1 heterocycles. The molecule has 1 amide bonds. The van der Waals surface area contributed by atoms with Gasteiger partial charge in [0.05, 0.1) is 12.0 Å². The molecular weight excluding hydrogens is 304 g/mol. The number of carbonyl (C=O) groups excluding carboxylic acids is 1. The van der Waals surface area contributed by atoms with Gasteiger partial charge in [-0.15, -0.1) is 0 Å². The van der Waals surface area contributed by atoms with Crippen LogP contribution in [-0.2, 0) is 15.0 Å². The fraction of sp³-hybridized carbons (Fsp3) is 0.857. The Bertz CT molecular complexity index is 539. The van der Waals surface area contributed by atoms with E-state index in [1.807, 2.05) is 6.07 Å². The largest absolute Gasteiger partial charge is 0.356 e. The zero-order chi connectivity index (χ0) is 16.2. The van der Waals surface area contributed by atoms with Gasteiger partial charge in [-0.1, -0.05) is 0 Å². The number of hydrogen-bond donors (Lipinski definition) is 1. The Labute approximate surface area is 132 Å². The highest BCUT2D eigenvalue weighted by molar-refractivity contribution is 7.86. The Morgan fingerprint density at radius 2 is 2.14 bits per heavy atom. The summed E-state index contributed by atoms with van der Waals surface area (Å²) in [5, 5.41) is 11.5. The van der Waals surface area contributed by atoms with Crippen molar-refractivity contribution in [3.63, 3.8) is 0 Å². The normalized spacial score (nSPS) is 23.2. The molecule has 1 saturated carbocycles. The Kier molecular flexibility index (Phi) is 5.78. The second-order valence-corrected chi connectivity index (χ2v) is 8.16. The van der Waals surface area contributed by atoms with Crippen molar-refractivity contribution in [1.29, 1.82) is 5.26 Å². The Balaban J connectivity index is 1.90. The number of hydrogen-bond acceptors (Lipinski definition) is 4. The first-order chi connectivity index (χ1) is 10.4. The smallest absolute Gasteiger partial charge is 0.281 e. The second-order valence-electron chi connectivity index (χ2n) is 6.12. The van der Waals surface area contributed by atoms with Gasteiger partial charge in [-0.3, -0.25) is 4.79 Å². The summed E-state index contributed by atoms with van der Waals surface area (Å²) in [6.07, 6.45) is 3.93. The van der Waals surface area contributed by atoms with Crippen LogP contribution in [0.15, 0.2) is 0 Å². The van der Waals surface area contributed by atoms with Gasteiger partial charge in [-0.2, -0.15) is 22.3 Å². The molecule has 1 N–H and O–H groups in total. The van der Waals surface area contributed by atoms with Gasteiger partial charge in [0.25, 0.3) is 10.2 Å². The molecule has 0 aromatic heterocycles. The topological polar surface area (TPSA) is 93.5 Å². The van der Waals surface area contributed by atoms with Gasteiger partial charge in [0.2, 0.25) is 5.91 Å². The highest BCUT2D eigenvalue weighted by Gasteiger charge is 2.34. The third-order valence-corrected chi connectivity index (χ3v) is 6.23. The average molecular weight is 328 g/mol. The van der Waals surface area contributed by atoms with Crippen molar-refractivity contribution in [3.05, 3.63) is 0 Å². The van der Waals surface area contributed by atoms with E-state index in [0.29, 0.717) is 25.4 Å². The monoisotopic (exact) mass is 328 g/mol. The SMILES string of the molecule is CN(CCC#N)S(=O)(=O)N1CCCC(C(=O)NCC2CC2)C1. The number of nitriles is 1. The van der Waals surface area contributed by atoms with E-state index in [1.54, 1.807) is 0 Å². The lowest BCUT2D eigenvalue weighted by molar-refractivity contribution is -0.126. The first-order valence-corrected chi connectivity index (χ1v) is 9.21. The highest BCUT2D eigenvalue weighted by atomic mass is 32.2. The van der Waals surface area contributed by atoms with Crippen molar-refractivity contribution >= 4 is 16.1 Å². The van der Waals surface area contributed by atoms with Crippen molar-refractivity contribution < 1.29 is 13.2 Å². The van der Waals surface area contributed by atoms with Crippen LogP contribution in [0, 0.1) is 23.2 Å². The Hall–Kier alpha value is -1.17. The molecule has 8 heteroatoms. The summed E-state index contributed by atoms with van der Waals surface area (Å²) in [6, 6.07) is 1.95. The van der Waals surface area contributed by atoms with E-state index in [2.05, 4.69) is 5.32 Å². The van der Waals surface area contributed by atoms with E-state index < -0.39 is 10.2 Å². The Morgan fingerprint density at radius 1 is 1.41 bits per heavy atom. The standard InChI is InChI=1S/C14H24N4O3S/c1-17(8-3-7-15)22(20,21)18-9-2-4-13(11-18)14(19)16-10-12-5-6-12/h12-13H,2-6,8-11H2,1H3,(H,16,19). The van der Waals surface area contributed by atoms with E-state index in [0.717, 1.165) is 6.42 Å². The summed E-state index contributed by atoms with van der Waals surface area (Å²) in [6.45, 7) is 1.55. The molecule has 1 saturated heterocycles. The lowest BCUT2D eigenvalue weighted by Crippen LogP contribution is -2.49. The zero-order valence-corrected chi connectivity index (χ0v) is 13.8. The molecule has 7 nitrogen and oxygen atoms in total. The maximum Gasteiger partial charge on any atom is 0.281 e. The van der Waals surface area contributed by atoms with Crippen LogP contribution in [0.1, 0.15) is 32.1 Å². The molecule has 0 aromatic rings. The van der Waals surface area contributed by atoms with Crippen LogP contribution >= 0.6 is 0 Å². The first kappa shape index (κ1) is 17.2. The van der Waals surface area contributed by atoms with E-state index in [-0.39, 0.29) is 31.3 Å². The summed E-state index contributed by atoms with van der Waals surface area (Å²) < 4.78 is 27.5. The Morgan fingerprint density at radius 3 is 2.77 bits per heavy atom. The number of nitrogens with one attached hydrogen (secondary N) is 1. The molecule has 0 spiro atoms. The third-order valence-electron chi connectivity index (χ3n) is 4.28. The van der Waals surface area contributed by atoms with Gasteiger partial charge in [0, 0.05) is 39.6 Å². The van der Waals surface area contributed by atoms with Crippen molar-refractivity contribution in [2.75, 3.05) is 33.2 Å².